The summed E-state index contributed by atoms with van der Waals surface area (Å²) in [6, 6.07) is 0. The zero-order valence-electron chi connectivity index (χ0n) is 7.92. The van der Waals surface area contributed by atoms with Crippen molar-refractivity contribution in [1.82, 2.24) is 5.32 Å². The number of carbonyl (C=O) groups is 1. The predicted octanol–water partition coefficient (Wildman–Crippen LogP) is 0.212. The van der Waals surface area contributed by atoms with E-state index in [1.54, 1.807) is 7.05 Å². The molecule has 1 fully saturated rings. The summed E-state index contributed by atoms with van der Waals surface area (Å²) in [5.74, 6) is -0.756. The molecule has 0 bridgehead atoms. The molecule has 1 rings (SSSR count). The molecule has 0 aliphatic heterocycles. The Morgan fingerprint density at radius 2 is 2.23 bits per heavy atom. The van der Waals surface area contributed by atoms with Gasteiger partial charge < -0.3 is 15.5 Å². The van der Waals surface area contributed by atoms with Crippen molar-refractivity contribution in [1.29, 1.82) is 0 Å². The molecule has 4 heteroatoms. The Balaban J connectivity index is 2.44. The molecule has 0 heterocycles. The third-order valence-electron chi connectivity index (χ3n) is 2.83. The Morgan fingerprint density at radius 3 is 2.54 bits per heavy atom. The summed E-state index contributed by atoms with van der Waals surface area (Å²) < 4.78 is 0. The average Bonchev–Trinajstić information content (AvgIpc) is 1.96. The minimum Gasteiger partial charge on any atom is -0.481 e. The van der Waals surface area contributed by atoms with Gasteiger partial charge in [0.25, 0.3) is 0 Å². The van der Waals surface area contributed by atoms with Crippen molar-refractivity contribution >= 4 is 5.97 Å². The maximum Gasteiger partial charge on any atom is 0.309 e. The third-order valence-corrected chi connectivity index (χ3v) is 2.83. The number of carboxylic acids is 1. The molecule has 76 valence electrons. The molecule has 0 amide bonds. The summed E-state index contributed by atoms with van der Waals surface area (Å²) in [5, 5.41) is 21.3. The Kier molecular flexibility index (Phi) is 3.27. The van der Waals surface area contributed by atoms with Crippen LogP contribution in [0.15, 0.2) is 0 Å². The molecule has 0 unspecified atom stereocenters. The maximum absolute atomic E-state index is 10.9. The Morgan fingerprint density at radius 1 is 1.62 bits per heavy atom. The lowest BCUT2D eigenvalue weighted by Crippen LogP contribution is -2.42. The molecular weight excluding hydrogens is 170 g/mol. The fraction of sp³-hybridized carbons (Fsp3) is 0.889. The zero-order valence-corrected chi connectivity index (χ0v) is 7.92. The van der Waals surface area contributed by atoms with Gasteiger partial charge in [0, 0.05) is 6.54 Å². The van der Waals surface area contributed by atoms with Crippen molar-refractivity contribution < 1.29 is 15.0 Å². The van der Waals surface area contributed by atoms with E-state index in [1.807, 2.05) is 0 Å². The van der Waals surface area contributed by atoms with Crippen molar-refractivity contribution in [2.45, 2.75) is 31.8 Å². The topological polar surface area (TPSA) is 69.6 Å². The van der Waals surface area contributed by atoms with E-state index < -0.39 is 17.5 Å². The fourth-order valence-corrected chi connectivity index (χ4v) is 1.87. The van der Waals surface area contributed by atoms with Crippen LogP contribution in [0.2, 0.25) is 0 Å². The molecule has 4 nitrogen and oxygen atoms in total. The van der Waals surface area contributed by atoms with E-state index in [4.69, 9.17) is 5.11 Å². The minimum absolute atomic E-state index is 0.378. The van der Waals surface area contributed by atoms with Gasteiger partial charge in [-0.1, -0.05) is 6.42 Å². The van der Waals surface area contributed by atoms with Crippen LogP contribution in [0, 0.1) is 5.41 Å². The van der Waals surface area contributed by atoms with Crippen LogP contribution >= 0.6 is 0 Å². The highest BCUT2D eigenvalue weighted by atomic mass is 16.4. The monoisotopic (exact) mass is 187 g/mol. The quantitative estimate of drug-likeness (QED) is 0.575. The number of carboxylic acid groups (broad SMARTS) is 1. The second-order valence-electron chi connectivity index (χ2n) is 3.85. The van der Waals surface area contributed by atoms with Crippen molar-refractivity contribution in [3.05, 3.63) is 0 Å². The number of hydrogen-bond donors (Lipinski definition) is 3. The van der Waals surface area contributed by atoms with Crippen LogP contribution in [0.1, 0.15) is 25.7 Å². The molecule has 0 aromatic carbocycles. The molecule has 0 spiro atoms. The van der Waals surface area contributed by atoms with E-state index in [0.29, 0.717) is 25.8 Å². The minimum atomic E-state index is -0.756. The van der Waals surface area contributed by atoms with Crippen LogP contribution in [-0.2, 0) is 4.79 Å². The Hall–Kier alpha value is -0.610. The molecule has 1 aliphatic carbocycles. The zero-order chi connectivity index (χ0) is 9.90. The van der Waals surface area contributed by atoms with E-state index in [-0.39, 0.29) is 0 Å². The number of nitrogens with one attached hydrogen (secondary N) is 1. The molecule has 0 aromatic heterocycles. The Bertz CT molecular complexity index is 189. The van der Waals surface area contributed by atoms with Crippen molar-refractivity contribution in [3.63, 3.8) is 0 Å². The largest absolute Gasteiger partial charge is 0.481 e. The highest BCUT2D eigenvalue weighted by molar-refractivity contribution is 5.75. The lowest BCUT2D eigenvalue weighted by atomic mass is 9.65. The Labute approximate surface area is 78.0 Å². The summed E-state index contributed by atoms with van der Waals surface area (Å²) in [6.45, 7) is 0.467. The molecule has 1 atom stereocenters. The fourth-order valence-electron chi connectivity index (χ4n) is 1.87. The van der Waals surface area contributed by atoms with Crippen LogP contribution < -0.4 is 5.32 Å². The first-order valence-electron chi connectivity index (χ1n) is 4.67. The number of aliphatic carboxylic acids is 1. The number of hydrogen-bond acceptors (Lipinski definition) is 3. The molecule has 1 saturated carbocycles. The number of aliphatic hydroxyl groups excluding tert-OH is 1. The van der Waals surface area contributed by atoms with Crippen LogP contribution in [0.3, 0.4) is 0 Å². The summed E-state index contributed by atoms with van der Waals surface area (Å²) in [7, 11) is 1.75. The first-order valence-corrected chi connectivity index (χ1v) is 4.67. The summed E-state index contributed by atoms with van der Waals surface area (Å²) in [4.78, 5) is 10.9. The standard InChI is InChI=1S/C9H17NO3/c1-10-6-7(11)5-9(8(12)13)3-2-4-9/h7,10-11H,2-6H2,1H3,(H,12,13)/t7-/m0/s1. The second kappa shape index (κ2) is 4.07. The van der Waals surface area contributed by atoms with Crippen molar-refractivity contribution in [2.24, 2.45) is 5.41 Å². The molecule has 0 saturated heterocycles. The lowest BCUT2D eigenvalue weighted by Gasteiger charge is -2.39. The van der Waals surface area contributed by atoms with Gasteiger partial charge in [-0.2, -0.15) is 0 Å². The van der Waals surface area contributed by atoms with Gasteiger partial charge in [0.05, 0.1) is 11.5 Å². The van der Waals surface area contributed by atoms with Crippen LogP contribution in [-0.4, -0.2) is 35.9 Å². The normalized spacial score (nSPS) is 22.0. The van der Waals surface area contributed by atoms with Gasteiger partial charge in [0.1, 0.15) is 0 Å². The van der Waals surface area contributed by atoms with Gasteiger partial charge in [-0.05, 0) is 26.3 Å². The van der Waals surface area contributed by atoms with Crippen LogP contribution in [0.25, 0.3) is 0 Å². The second-order valence-corrected chi connectivity index (χ2v) is 3.85. The molecule has 1 aliphatic rings. The number of aliphatic hydroxyl groups is 1. The maximum atomic E-state index is 10.9. The van der Waals surface area contributed by atoms with Crippen molar-refractivity contribution in [3.8, 4) is 0 Å². The highest BCUT2D eigenvalue weighted by Gasteiger charge is 2.45. The van der Waals surface area contributed by atoms with E-state index in [9.17, 15) is 9.90 Å². The average molecular weight is 187 g/mol. The van der Waals surface area contributed by atoms with Gasteiger partial charge in [-0.15, -0.1) is 0 Å². The van der Waals surface area contributed by atoms with E-state index in [0.717, 1.165) is 6.42 Å². The molecule has 0 aromatic rings. The predicted molar refractivity (Wildman–Crippen MR) is 48.5 cm³/mol. The first kappa shape index (κ1) is 10.5. The first-order chi connectivity index (χ1) is 6.10. The van der Waals surface area contributed by atoms with Gasteiger partial charge in [-0.25, -0.2) is 0 Å². The summed E-state index contributed by atoms with van der Waals surface area (Å²) in [5.41, 5.74) is -0.629. The van der Waals surface area contributed by atoms with E-state index in [2.05, 4.69) is 5.32 Å². The molecule has 13 heavy (non-hydrogen) atoms. The van der Waals surface area contributed by atoms with Crippen LogP contribution in [0.4, 0.5) is 0 Å². The van der Waals surface area contributed by atoms with Crippen LogP contribution in [0.5, 0.6) is 0 Å². The molecular formula is C9H17NO3. The number of rotatable bonds is 5. The van der Waals surface area contributed by atoms with Gasteiger partial charge in [0.2, 0.25) is 0 Å². The number of likely N-dealkylation sites (N-methyl/N-ethyl adjacent to an activating group) is 1. The van der Waals surface area contributed by atoms with Gasteiger partial charge in [-0.3, -0.25) is 4.79 Å². The third kappa shape index (κ3) is 2.19. The smallest absolute Gasteiger partial charge is 0.309 e. The van der Waals surface area contributed by atoms with Crippen molar-refractivity contribution in [2.75, 3.05) is 13.6 Å². The van der Waals surface area contributed by atoms with E-state index in [1.165, 1.54) is 0 Å². The lowest BCUT2D eigenvalue weighted by molar-refractivity contribution is -0.157. The van der Waals surface area contributed by atoms with E-state index >= 15 is 0 Å². The SMILES string of the molecule is CNC[C@@H](O)CC1(C(=O)O)CCC1. The highest BCUT2D eigenvalue weighted by Crippen LogP contribution is 2.44. The molecule has 0 radical (unpaired) electrons. The van der Waals surface area contributed by atoms with Gasteiger partial charge in [0.15, 0.2) is 0 Å². The molecule has 3 N–H and O–H groups in total. The summed E-state index contributed by atoms with van der Waals surface area (Å²) in [6.07, 6.45) is 2.23. The summed E-state index contributed by atoms with van der Waals surface area (Å²) >= 11 is 0. The van der Waals surface area contributed by atoms with Gasteiger partial charge >= 0.3 is 5.97 Å².